The molecule has 6 rings (SSSR count). The van der Waals surface area contributed by atoms with Crippen molar-refractivity contribution in [2.75, 3.05) is 13.1 Å². The molecule has 1 saturated carbocycles. The molecular weight excluding hydrogens is 433 g/mol. The number of benzene rings is 2. The van der Waals surface area contributed by atoms with Gasteiger partial charge in [-0.2, -0.15) is 5.10 Å². The summed E-state index contributed by atoms with van der Waals surface area (Å²) in [6.07, 6.45) is 5.07. The van der Waals surface area contributed by atoms with E-state index < -0.39 is 11.5 Å². The first-order valence-corrected chi connectivity index (χ1v) is 11.7. The number of likely N-dealkylation sites (tertiary alicyclic amines) is 1. The molecule has 1 unspecified atom stereocenters. The highest BCUT2D eigenvalue weighted by Crippen LogP contribution is 2.34. The highest BCUT2D eigenvalue weighted by Gasteiger charge is 2.37. The van der Waals surface area contributed by atoms with Crippen LogP contribution >= 0.6 is 0 Å². The largest absolute Gasteiger partial charge is 0.348 e. The van der Waals surface area contributed by atoms with E-state index in [1.165, 1.54) is 10.6 Å². The smallest absolute Gasteiger partial charge is 0.342 e. The number of pyridine rings is 1. The highest BCUT2D eigenvalue weighted by molar-refractivity contribution is 5.94. The SMILES string of the molecule is O=C(C1CC1)N1CCC(Cc2n[nH]c(=O)n2-c2ccc(-c3cccc4ncccc34)cc2F)C1. The summed E-state index contributed by atoms with van der Waals surface area (Å²) < 4.78 is 16.7. The number of fused-ring (bicyclic) bond motifs is 1. The Bertz CT molecular complexity index is 1450. The van der Waals surface area contributed by atoms with Crippen LogP contribution in [0.2, 0.25) is 0 Å². The third kappa shape index (κ3) is 3.69. The van der Waals surface area contributed by atoms with E-state index in [1.54, 1.807) is 12.3 Å². The number of nitrogens with one attached hydrogen (secondary N) is 1. The predicted molar refractivity (Wildman–Crippen MR) is 126 cm³/mol. The van der Waals surface area contributed by atoms with Crippen molar-refractivity contribution in [3.05, 3.63) is 76.9 Å². The third-order valence-corrected chi connectivity index (χ3v) is 6.88. The zero-order valence-corrected chi connectivity index (χ0v) is 18.6. The summed E-state index contributed by atoms with van der Waals surface area (Å²) in [4.78, 5) is 31.2. The molecule has 1 atom stereocenters. The maximum absolute atomic E-state index is 15.4. The van der Waals surface area contributed by atoms with Crippen molar-refractivity contribution >= 4 is 16.8 Å². The van der Waals surface area contributed by atoms with Crippen molar-refractivity contribution < 1.29 is 9.18 Å². The number of aromatic nitrogens is 4. The second-order valence-corrected chi connectivity index (χ2v) is 9.24. The number of hydrogen-bond acceptors (Lipinski definition) is 4. The van der Waals surface area contributed by atoms with E-state index in [1.807, 2.05) is 41.3 Å². The fraction of sp³-hybridized carbons (Fsp3) is 0.308. The zero-order chi connectivity index (χ0) is 23.2. The summed E-state index contributed by atoms with van der Waals surface area (Å²) >= 11 is 0. The third-order valence-electron chi connectivity index (χ3n) is 6.88. The van der Waals surface area contributed by atoms with Gasteiger partial charge in [0.15, 0.2) is 0 Å². The minimum atomic E-state index is -0.500. The van der Waals surface area contributed by atoms with Gasteiger partial charge in [-0.15, -0.1) is 0 Å². The van der Waals surface area contributed by atoms with Crippen molar-refractivity contribution in [1.29, 1.82) is 0 Å². The molecular formula is C26H24FN5O2. The van der Waals surface area contributed by atoms with Gasteiger partial charge in [-0.05, 0) is 60.6 Å². The van der Waals surface area contributed by atoms with Crippen LogP contribution in [-0.2, 0) is 11.2 Å². The van der Waals surface area contributed by atoms with Gasteiger partial charge in [0.25, 0.3) is 0 Å². The number of carbonyl (C=O) groups excluding carboxylic acids is 1. The Labute approximate surface area is 195 Å². The average molecular weight is 458 g/mol. The van der Waals surface area contributed by atoms with Crippen LogP contribution in [-0.4, -0.2) is 43.6 Å². The Morgan fingerprint density at radius 3 is 2.82 bits per heavy atom. The van der Waals surface area contributed by atoms with E-state index in [2.05, 4.69) is 15.2 Å². The molecule has 7 nitrogen and oxygen atoms in total. The van der Waals surface area contributed by atoms with E-state index >= 15 is 4.39 Å². The molecule has 0 radical (unpaired) electrons. The molecule has 2 fully saturated rings. The molecule has 8 heteroatoms. The van der Waals surface area contributed by atoms with Gasteiger partial charge < -0.3 is 4.90 Å². The second kappa shape index (κ2) is 8.20. The average Bonchev–Trinajstić information content (AvgIpc) is 3.50. The first-order valence-electron chi connectivity index (χ1n) is 11.7. The Hall–Kier alpha value is -3.81. The molecule has 2 aliphatic rings. The van der Waals surface area contributed by atoms with Crippen LogP contribution in [0, 0.1) is 17.7 Å². The van der Waals surface area contributed by atoms with Crippen LogP contribution in [0.1, 0.15) is 25.1 Å². The molecule has 1 N–H and O–H groups in total. The molecule has 4 aromatic rings. The lowest BCUT2D eigenvalue weighted by Gasteiger charge is -2.16. The first-order chi connectivity index (χ1) is 16.6. The summed E-state index contributed by atoms with van der Waals surface area (Å²) in [6.45, 7) is 1.39. The molecule has 1 aliphatic heterocycles. The van der Waals surface area contributed by atoms with E-state index in [0.29, 0.717) is 24.4 Å². The molecule has 2 aromatic heterocycles. The summed E-state index contributed by atoms with van der Waals surface area (Å²) in [5.74, 6) is 0.624. The molecule has 0 bridgehead atoms. The number of amides is 1. The van der Waals surface area contributed by atoms with E-state index in [4.69, 9.17) is 0 Å². The first kappa shape index (κ1) is 20.8. The van der Waals surface area contributed by atoms with Gasteiger partial charge in [0.1, 0.15) is 11.6 Å². The van der Waals surface area contributed by atoms with Gasteiger partial charge in [0, 0.05) is 37.0 Å². The lowest BCUT2D eigenvalue weighted by Crippen LogP contribution is -2.30. The van der Waals surface area contributed by atoms with Gasteiger partial charge >= 0.3 is 5.69 Å². The fourth-order valence-corrected chi connectivity index (χ4v) is 4.97. The van der Waals surface area contributed by atoms with Crippen molar-refractivity contribution in [3.8, 4) is 16.8 Å². The highest BCUT2D eigenvalue weighted by atomic mass is 19.1. The van der Waals surface area contributed by atoms with Crippen LogP contribution in [0.15, 0.2) is 59.5 Å². The Morgan fingerprint density at radius 2 is 2.00 bits per heavy atom. The van der Waals surface area contributed by atoms with Crippen molar-refractivity contribution in [1.82, 2.24) is 24.6 Å². The molecule has 2 aromatic carbocycles. The fourth-order valence-electron chi connectivity index (χ4n) is 4.97. The maximum Gasteiger partial charge on any atom is 0.348 e. The lowest BCUT2D eigenvalue weighted by molar-refractivity contribution is -0.131. The van der Waals surface area contributed by atoms with Crippen molar-refractivity contribution in [2.24, 2.45) is 11.8 Å². The lowest BCUT2D eigenvalue weighted by atomic mass is 10.00. The summed E-state index contributed by atoms with van der Waals surface area (Å²) in [5.41, 5.74) is 2.12. The van der Waals surface area contributed by atoms with Crippen LogP contribution in [0.4, 0.5) is 4.39 Å². The normalized spacial score (nSPS) is 18.0. The van der Waals surface area contributed by atoms with E-state index in [9.17, 15) is 9.59 Å². The van der Waals surface area contributed by atoms with Gasteiger partial charge in [0.05, 0.1) is 11.2 Å². The molecule has 1 aliphatic carbocycles. The van der Waals surface area contributed by atoms with Crippen molar-refractivity contribution in [2.45, 2.75) is 25.7 Å². The molecule has 3 heterocycles. The number of nitrogens with zero attached hydrogens (tertiary/aromatic N) is 4. The van der Waals surface area contributed by atoms with Crippen molar-refractivity contribution in [3.63, 3.8) is 0 Å². The zero-order valence-electron chi connectivity index (χ0n) is 18.6. The number of halogens is 1. The van der Waals surface area contributed by atoms with Crippen LogP contribution in [0.25, 0.3) is 27.7 Å². The standard InChI is InChI=1S/C26H24FN5O2/c27-21-14-18(19-3-1-5-22-20(19)4-2-11-28-22)8-9-23(21)32-24(29-30-26(32)34)13-16-10-12-31(15-16)25(33)17-6-7-17/h1-5,8-9,11,14,16-17H,6-7,10,12-13,15H2,(H,30,34). The van der Waals surface area contributed by atoms with Gasteiger partial charge in [0.2, 0.25) is 5.91 Å². The minimum Gasteiger partial charge on any atom is -0.342 e. The molecule has 1 amide bonds. The maximum atomic E-state index is 15.4. The van der Waals surface area contributed by atoms with E-state index in [-0.39, 0.29) is 23.4 Å². The second-order valence-electron chi connectivity index (χ2n) is 9.24. The number of carbonyl (C=O) groups is 1. The van der Waals surface area contributed by atoms with Gasteiger partial charge in [-0.3, -0.25) is 9.78 Å². The number of hydrogen-bond donors (Lipinski definition) is 1. The van der Waals surface area contributed by atoms with Gasteiger partial charge in [-0.25, -0.2) is 18.9 Å². The van der Waals surface area contributed by atoms with Crippen LogP contribution in [0.3, 0.4) is 0 Å². The number of H-pyrrole nitrogens is 1. The molecule has 34 heavy (non-hydrogen) atoms. The Kier molecular flexibility index (Phi) is 5.01. The van der Waals surface area contributed by atoms with E-state index in [0.717, 1.165) is 42.3 Å². The number of aromatic amines is 1. The summed E-state index contributed by atoms with van der Waals surface area (Å²) in [6, 6.07) is 14.5. The quantitative estimate of drug-likeness (QED) is 0.495. The predicted octanol–water partition coefficient (Wildman–Crippen LogP) is 3.72. The van der Waals surface area contributed by atoms with Gasteiger partial charge in [-0.1, -0.05) is 24.3 Å². The molecule has 1 saturated heterocycles. The van der Waals surface area contributed by atoms with Crippen LogP contribution in [0.5, 0.6) is 0 Å². The summed E-state index contributed by atoms with van der Waals surface area (Å²) in [7, 11) is 0. The monoisotopic (exact) mass is 457 g/mol. The Morgan fingerprint density at radius 1 is 1.12 bits per heavy atom. The molecule has 0 spiro atoms. The Balaban J connectivity index is 1.29. The minimum absolute atomic E-state index is 0.166. The summed E-state index contributed by atoms with van der Waals surface area (Å²) in [5, 5.41) is 7.59. The number of rotatable bonds is 5. The van der Waals surface area contributed by atoms with Crippen LogP contribution < -0.4 is 5.69 Å². The molecule has 172 valence electrons. The topological polar surface area (TPSA) is 83.9 Å².